The van der Waals surface area contributed by atoms with Gasteiger partial charge in [-0.1, -0.05) is 0 Å². The molecule has 5 heteroatoms. The Morgan fingerprint density at radius 2 is 1.93 bits per heavy atom. The van der Waals surface area contributed by atoms with Gasteiger partial charge in [0.15, 0.2) is 0 Å². The van der Waals surface area contributed by atoms with Crippen LogP contribution in [0.1, 0.15) is 15.9 Å². The van der Waals surface area contributed by atoms with Crippen molar-refractivity contribution in [1.82, 2.24) is 5.32 Å². The lowest BCUT2D eigenvalue weighted by atomic mass is 10.1. The van der Waals surface area contributed by atoms with Crippen LogP contribution < -0.4 is 5.32 Å². The predicted octanol–water partition coefficient (Wildman–Crippen LogP) is 1.42. The van der Waals surface area contributed by atoms with Gasteiger partial charge in [-0.05, 0) is 37.7 Å². The van der Waals surface area contributed by atoms with Crippen molar-refractivity contribution in [2.24, 2.45) is 0 Å². The highest BCUT2D eigenvalue weighted by Crippen LogP contribution is 2.15. The average Bonchev–Trinajstić information content (AvgIpc) is 2.12. The lowest BCUT2D eigenvalue weighted by Crippen LogP contribution is -2.12. The van der Waals surface area contributed by atoms with Gasteiger partial charge in [0.05, 0.1) is 0 Å². The van der Waals surface area contributed by atoms with Crippen LogP contribution in [-0.4, -0.2) is 24.7 Å². The molecule has 1 aromatic rings. The number of carboxylic acid groups (broad SMARTS) is 1. The molecule has 0 aliphatic heterocycles. The molecule has 2 N–H and O–H groups in total. The van der Waals surface area contributed by atoms with E-state index in [1.165, 1.54) is 0 Å². The van der Waals surface area contributed by atoms with Crippen molar-refractivity contribution in [3.05, 3.63) is 34.9 Å². The fraction of sp³-hybridized carbons (Fsp3) is 0.300. The summed E-state index contributed by atoms with van der Waals surface area (Å²) in [5.74, 6) is -3.66. The number of likely N-dealkylation sites (N-methyl/N-ethyl adjacent to an activating group) is 1. The average molecular weight is 215 g/mol. The largest absolute Gasteiger partial charge is 0.477 e. The van der Waals surface area contributed by atoms with Crippen molar-refractivity contribution in [2.75, 3.05) is 13.6 Å². The first-order valence-corrected chi connectivity index (χ1v) is 4.42. The zero-order chi connectivity index (χ0) is 11.4. The molecule has 1 rings (SSSR count). The second kappa shape index (κ2) is 4.84. The molecular formula is C10H11F2NO2. The number of rotatable bonds is 4. The molecule has 0 amide bonds. The highest BCUT2D eigenvalue weighted by atomic mass is 19.1. The molecule has 0 aliphatic carbocycles. The van der Waals surface area contributed by atoms with Crippen molar-refractivity contribution < 1.29 is 18.7 Å². The zero-order valence-electron chi connectivity index (χ0n) is 8.18. The van der Waals surface area contributed by atoms with E-state index < -0.39 is 23.2 Å². The molecule has 0 aromatic heterocycles. The number of carboxylic acids is 1. The van der Waals surface area contributed by atoms with E-state index >= 15 is 0 Å². The molecule has 82 valence electrons. The Kier molecular flexibility index (Phi) is 3.74. The molecule has 0 aliphatic rings. The Hall–Kier alpha value is -1.49. The van der Waals surface area contributed by atoms with E-state index in [0.29, 0.717) is 18.5 Å². The highest BCUT2D eigenvalue weighted by Gasteiger charge is 2.17. The quantitative estimate of drug-likeness (QED) is 0.798. The summed E-state index contributed by atoms with van der Waals surface area (Å²) in [5.41, 5.74) is -0.465. The minimum Gasteiger partial charge on any atom is -0.477 e. The number of hydrogen-bond acceptors (Lipinski definition) is 2. The Balaban J connectivity index is 3.03. The molecule has 0 saturated heterocycles. The maximum absolute atomic E-state index is 13.1. The van der Waals surface area contributed by atoms with Crippen LogP contribution in [0.15, 0.2) is 12.1 Å². The standard InChI is InChI=1S/C10H11F2NO2/c1-13-3-2-6-4-7(11)9(10(14)15)8(12)5-6/h4-5,13H,2-3H2,1H3,(H,14,15). The monoisotopic (exact) mass is 215 g/mol. The van der Waals surface area contributed by atoms with Crippen LogP contribution in [0.4, 0.5) is 8.78 Å². The number of hydrogen-bond donors (Lipinski definition) is 2. The minimum atomic E-state index is -1.59. The second-order valence-electron chi connectivity index (χ2n) is 3.09. The van der Waals surface area contributed by atoms with Gasteiger partial charge in [0, 0.05) is 0 Å². The van der Waals surface area contributed by atoms with E-state index in [4.69, 9.17) is 5.11 Å². The van der Waals surface area contributed by atoms with Gasteiger partial charge in [-0.2, -0.15) is 0 Å². The van der Waals surface area contributed by atoms with Crippen LogP contribution in [0.3, 0.4) is 0 Å². The maximum Gasteiger partial charge on any atom is 0.341 e. The van der Waals surface area contributed by atoms with E-state index in [2.05, 4.69) is 5.32 Å². The van der Waals surface area contributed by atoms with Gasteiger partial charge in [-0.3, -0.25) is 0 Å². The predicted molar refractivity (Wildman–Crippen MR) is 50.9 cm³/mol. The number of benzene rings is 1. The third-order valence-corrected chi connectivity index (χ3v) is 1.98. The van der Waals surface area contributed by atoms with Gasteiger partial charge in [0.1, 0.15) is 17.2 Å². The first-order chi connectivity index (χ1) is 7.06. The first kappa shape index (κ1) is 11.6. The van der Waals surface area contributed by atoms with E-state index in [9.17, 15) is 13.6 Å². The first-order valence-electron chi connectivity index (χ1n) is 4.42. The Morgan fingerprint density at radius 1 is 1.40 bits per heavy atom. The topological polar surface area (TPSA) is 49.3 Å². The molecule has 0 saturated carbocycles. The SMILES string of the molecule is CNCCc1cc(F)c(C(=O)O)c(F)c1. The molecule has 0 radical (unpaired) electrons. The van der Waals surface area contributed by atoms with E-state index in [-0.39, 0.29) is 0 Å². The number of halogens is 2. The van der Waals surface area contributed by atoms with Crippen molar-refractivity contribution >= 4 is 5.97 Å². The fourth-order valence-electron chi connectivity index (χ4n) is 1.24. The molecule has 1 aromatic carbocycles. The summed E-state index contributed by atoms with van der Waals surface area (Å²) in [5, 5.41) is 11.4. The normalized spacial score (nSPS) is 10.3. The molecule has 3 nitrogen and oxygen atoms in total. The zero-order valence-corrected chi connectivity index (χ0v) is 8.18. The van der Waals surface area contributed by atoms with Gasteiger partial charge < -0.3 is 10.4 Å². The van der Waals surface area contributed by atoms with Crippen LogP contribution in [0.5, 0.6) is 0 Å². The molecule has 0 fully saturated rings. The maximum atomic E-state index is 13.1. The van der Waals surface area contributed by atoms with Crippen LogP contribution in [0.2, 0.25) is 0 Å². The van der Waals surface area contributed by atoms with Gasteiger partial charge >= 0.3 is 5.97 Å². The minimum absolute atomic E-state index is 0.435. The smallest absolute Gasteiger partial charge is 0.341 e. The molecule has 0 atom stereocenters. The van der Waals surface area contributed by atoms with Gasteiger partial charge in [0.25, 0.3) is 0 Å². The van der Waals surface area contributed by atoms with Crippen LogP contribution >= 0.6 is 0 Å². The Labute approximate surface area is 85.7 Å². The summed E-state index contributed by atoms with van der Waals surface area (Å²) < 4.78 is 26.3. The molecule has 15 heavy (non-hydrogen) atoms. The number of nitrogens with one attached hydrogen (secondary N) is 1. The number of aromatic carboxylic acids is 1. The third kappa shape index (κ3) is 2.73. The van der Waals surface area contributed by atoms with Crippen LogP contribution in [0, 0.1) is 11.6 Å². The summed E-state index contributed by atoms with van der Waals surface area (Å²) in [6.07, 6.45) is 0.449. The third-order valence-electron chi connectivity index (χ3n) is 1.98. The highest BCUT2D eigenvalue weighted by molar-refractivity contribution is 5.88. The fourth-order valence-corrected chi connectivity index (χ4v) is 1.24. The summed E-state index contributed by atoms with van der Waals surface area (Å²) in [4.78, 5) is 10.5. The lowest BCUT2D eigenvalue weighted by Gasteiger charge is -2.04. The van der Waals surface area contributed by atoms with Gasteiger partial charge in [-0.25, -0.2) is 13.6 Å². The van der Waals surface area contributed by atoms with E-state index in [0.717, 1.165) is 12.1 Å². The summed E-state index contributed by atoms with van der Waals surface area (Å²) in [7, 11) is 1.72. The second-order valence-corrected chi connectivity index (χ2v) is 3.09. The summed E-state index contributed by atoms with van der Waals surface area (Å²) in [6, 6.07) is 2.09. The summed E-state index contributed by atoms with van der Waals surface area (Å²) in [6.45, 7) is 0.575. The molecule has 0 spiro atoms. The van der Waals surface area contributed by atoms with Crippen molar-refractivity contribution in [1.29, 1.82) is 0 Å². The van der Waals surface area contributed by atoms with Gasteiger partial charge in [-0.15, -0.1) is 0 Å². The van der Waals surface area contributed by atoms with E-state index in [1.54, 1.807) is 7.05 Å². The van der Waals surface area contributed by atoms with E-state index in [1.807, 2.05) is 0 Å². The molecule has 0 heterocycles. The van der Waals surface area contributed by atoms with Crippen molar-refractivity contribution in [3.8, 4) is 0 Å². The van der Waals surface area contributed by atoms with Gasteiger partial charge in [0.2, 0.25) is 0 Å². The molecular weight excluding hydrogens is 204 g/mol. The number of carbonyl (C=O) groups is 1. The van der Waals surface area contributed by atoms with Crippen molar-refractivity contribution in [3.63, 3.8) is 0 Å². The molecule has 0 bridgehead atoms. The van der Waals surface area contributed by atoms with Crippen LogP contribution in [0.25, 0.3) is 0 Å². The van der Waals surface area contributed by atoms with Crippen LogP contribution in [-0.2, 0) is 6.42 Å². The Morgan fingerprint density at radius 3 is 2.33 bits per heavy atom. The lowest BCUT2D eigenvalue weighted by molar-refractivity contribution is 0.0686. The summed E-state index contributed by atoms with van der Waals surface area (Å²) >= 11 is 0. The Bertz CT molecular complexity index is 357. The van der Waals surface area contributed by atoms with Crippen molar-refractivity contribution in [2.45, 2.75) is 6.42 Å². The molecule has 0 unspecified atom stereocenters.